The van der Waals surface area contributed by atoms with E-state index in [1.165, 1.54) is 11.1 Å². The number of nitrogens with one attached hydrogen (secondary N) is 2. The first-order valence-corrected chi connectivity index (χ1v) is 9.37. The summed E-state index contributed by atoms with van der Waals surface area (Å²) in [7, 11) is 4.04. The van der Waals surface area contributed by atoms with E-state index in [4.69, 9.17) is 0 Å². The molecule has 0 aliphatic heterocycles. The molecule has 5 heteroatoms. The third-order valence-electron chi connectivity index (χ3n) is 5.32. The van der Waals surface area contributed by atoms with Gasteiger partial charge in [0.15, 0.2) is 0 Å². The molecule has 0 radical (unpaired) electrons. The van der Waals surface area contributed by atoms with Crippen LogP contribution in [0.25, 0.3) is 0 Å². The Morgan fingerprint density at radius 2 is 2.04 bits per heavy atom. The van der Waals surface area contributed by atoms with Crippen molar-refractivity contribution < 1.29 is 9.90 Å². The lowest BCUT2D eigenvalue weighted by molar-refractivity contribution is 0.228. The number of hydrogen-bond acceptors (Lipinski definition) is 3. The number of urea groups is 1. The Labute approximate surface area is 155 Å². The van der Waals surface area contributed by atoms with Crippen molar-refractivity contribution in [3.8, 4) is 5.75 Å². The van der Waals surface area contributed by atoms with Crippen molar-refractivity contribution in [2.24, 2.45) is 0 Å². The van der Waals surface area contributed by atoms with E-state index in [-0.39, 0.29) is 23.9 Å². The van der Waals surface area contributed by atoms with Gasteiger partial charge in [-0.2, -0.15) is 0 Å². The Hall–Kier alpha value is -2.27. The van der Waals surface area contributed by atoms with E-state index in [1.807, 2.05) is 26.2 Å². The summed E-state index contributed by atoms with van der Waals surface area (Å²) in [4.78, 5) is 14.4. The van der Waals surface area contributed by atoms with Crippen molar-refractivity contribution in [3.63, 3.8) is 0 Å². The molecule has 0 aromatic heterocycles. The number of carbonyl (C=O) groups excluding carboxylic acids is 1. The highest BCUT2D eigenvalue weighted by atomic mass is 16.3. The maximum Gasteiger partial charge on any atom is 0.315 e. The number of nitrogens with zero attached hydrogens (tertiary/aromatic N) is 1. The SMILES string of the molecule is CN(C)[C@H](CNC(=O)NC1CC2=C(CCC=C2)C1)Cc1ccc(O)cc1. The predicted molar refractivity (Wildman–Crippen MR) is 104 cm³/mol. The second-order valence-corrected chi connectivity index (χ2v) is 7.52. The third-order valence-corrected chi connectivity index (χ3v) is 5.32. The minimum atomic E-state index is -0.0867. The number of hydrogen-bond donors (Lipinski definition) is 3. The summed E-state index contributed by atoms with van der Waals surface area (Å²) in [5.41, 5.74) is 4.07. The fourth-order valence-corrected chi connectivity index (χ4v) is 3.73. The highest BCUT2D eigenvalue weighted by Gasteiger charge is 2.25. The number of rotatable bonds is 6. The van der Waals surface area contributed by atoms with Crippen molar-refractivity contribution in [1.82, 2.24) is 15.5 Å². The lowest BCUT2D eigenvalue weighted by Gasteiger charge is -2.25. The van der Waals surface area contributed by atoms with Crippen molar-refractivity contribution in [1.29, 1.82) is 0 Å². The van der Waals surface area contributed by atoms with Gasteiger partial charge in [-0.15, -0.1) is 0 Å². The number of allylic oxidation sites excluding steroid dienone is 2. The summed E-state index contributed by atoms with van der Waals surface area (Å²) in [5, 5.41) is 15.6. The molecule has 2 amide bonds. The maximum absolute atomic E-state index is 12.3. The van der Waals surface area contributed by atoms with E-state index >= 15 is 0 Å². The monoisotopic (exact) mass is 355 g/mol. The minimum absolute atomic E-state index is 0.0867. The van der Waals surface area contributed by atoms with Crippen LogP contribution in [0.2, 0.25) is 0 Å². The Balaban J connectivity index is 1.46. The number of carbonyl (C=O) groups is 1. The second kappa shape index (κ2) is 8.41. The van der Waals surface area contributed by atoms with E-state index in [2.05, 4.69) is 27.7 Å². The van der Waals surface area contributed by atoms with Gasteiger partial charge in [-0.05, 0) is 69.5 Å². The molecule has 3 rings (SSSR count). The molecule has 1 unspecified atom stereocenters. The lowest BCUT2D eigenvalue weighted by atomic mass is 10.0. The third kappa shape index (κ3) is 4.88. The van der Waals surface area contributed by atoms with E-state index in [0.717, 1.165) is 37.7 Å². The van der Waals surface area contributed by atoms with Crippen LogP contribution in [0.15, 0.2) is 47.6 Å². The fourth-order valence-electron chi connectivity index (χ4n) is 3.73. The highest BCUT2D eigenvalue weighted by molar-refractivity contribution is 5.74. The smallest absolute Gasteiger partial charge is 0.315 e. The fraction of sp³-hybridized carbons (Fsp3) is 0.476. The number of aromatic hydroxyl groups is 1. The van der Waals surface area contributed by atoms with Crippen LogP contribution in [0.5, 0.6) is 5.75 Å². The molecule has 2 aliphatic rings. The van der Waals surface area contributed by atoms with E-state index in [1.54, 1.807) is 12.1 Å². The molecule has 0 bridgehead atoms. The molecule has 0 spiro atoms. The maximum atomic E-state index is 12.3. The van der Waals surface area contributed by atoms with Gasteiger partial charge >= 0.3 is 6.03 Å². The molecule has 1 aromatic carbocycles. The van der Waals surface area contributed by atoms with Crippen LogP contribution in [-0.2, 0) is 6.42 Å². The number of likely N-dealkylation sites (N-methyl/N-ethyl adjacent to an activating group) is 1. The quantitative estimate of drug-likeness (QED) is 0.735. The molecule has 0 saturated carbocycles. The van der Waals surface area contributed by atoms with Crippen molar-refractivity contribution in [2.45, 2.75) is 44.2 Å². The van der Waals surface area contributed by atoms with E-state index < -0.39 is 0 Å². The number of amides is 2. The summed E-state index contributed by atoms with van der Waals surface area (Å²) in [6.07, 6.45) is 9.46. The Kier molecular flexibility index (Phi) is 5.99. The van der Waals surface area contributed by atoms with Crippen LogP contribution in [0.3, 0.4) is 0 Å². The standard InChI is InChI=1S/C21H29N3O2/c1-24(2)19(11-15-7-9-20(25)10-8-15)14-22-21(26)23-18-12-16-5-3-4-6-17(16)13-18/h3,5,7-10,18-19,25H,4,6,11-14H2,1-2H3,(H2,22,23,26)/t18?,19-/m0/s1. The van der Waals surface area contributed by atoms with Gasteiger partial charge in [0.05, 0.1) is 0 Å². The van der Waals surface area contributed by atoms with Gasteiger partial charge in [-0.1, -0.05) is 29.9 Å². The summed E-state index contributed by atoms with van der Waals surface area (Å²) in [6, 6.07) is 7.58. The van der Waals surface area contributed by atoms with Gasteiger partial charge in [0, 0.05) is 18.6 Å². The Morgan fingerprint density at radius 3 is 2.73 bits per heavy atom. The van der Waals surface area contributed by atoms with Gasteiger partial charge in [0.2, 0.25) is 0 Å². The van der Waals surface area contributed by atoms with Gasteiger partial charge in [-0.25, -0.2) is 4.79 Å². The molecular weight excluding hydrogens is 326 g/mol. The molecule has 140 valence electrons. The van der Waals surface area contributed by atoms with Crippen LogP contribution >= 0.6 is 0 Å². The largest absolute Gasteiger partial charge is 0.508 e. The zero-order chi connectivity index (χ0) is 18.5. The number of phenols is 1. The molecule has 5 nitrogen and oxygen atoms in total. The molecule has 1 aromatic rings. The van der Waals surface area contributed by atoms with Crippen LogP contribution in [0.4, 0.5) is 4.79 Å². The van der Waals surface area contributed by atoms with Crippen molar-refractivity contribution in [3.05, 3.63) is 53.1 Å². The average molecular weight is 355 g/mol. The van der Waals surface area contributed by atoms with Gasteiger partial charge in [0.1, 0.15) is 5.75 Å². The van der Waals surface area contributed by atoms with Crippen LogP contribution in [0.1, 0.15) is 31.2 Å². The predicted octanol–water partition coefficient (Wildman–Crippen LogP) is 2.97. The van der Waals surface area contributed by atoms with Crippen LogP contribution < -0.4 is 10.6 Å². The second-order valence-electron chi connectivity index (χ2n) is 7.52. The Bertz CT molecular complexity index is 692. The van der Waals surface area contributed by atoms with Crippen molar-refractivity contribution >= 4 is 6.03 Å². The van der Waals surface area contributed by atoms with Crippen LogP contribution in [0, 0.1) is 0 Å². The van der Waals surface area contributed by atoms with Gasteiger partial charge < -0.3 is 20.6 Å². The topological polar surface area (TPSA) is 64.6 Å². The first-order chi connectivity index (χ1) is 12.5. The Morgan fingerprint density at radius 1 is 1.27 bits per heavy atom. The molecule has 2 atom stereocenters. The van der Waals surface area contributed by atoms with Gasteiger partial charge in [0.25, 0.3) is 0 Å². The average Bonchev–Trinajstić information content (AvgIpc) is 3.02. The number of benzene rings is 1. The number of phenolic OH excluding ortho intramolecular Hbond substituents is 1. The van der Waals surface area contributed by atoms with E-state index in [0.29, 0.717) is 6.54 Å². The summed E-state index contributed by atoms with van der Waals surface area (Å²) < 4.78 is 0. The molecule has 26 heavy (non-hydrogen) atoms. The molecule has 3 N–H and O–H groups in total. The molecule has 0 fully saturated rings. The summed E-state index contributed by atoms with van der Waals surface area (Å²) >= 11 is 0. The van der Waals surface area contributed by atoms with Crippen molar-refractivity contribution in [2.75, 3.05) is 20.6 Å². The summed E-state index contributed by atoms with van der Waals surface area (Å²) in [6.45, 7) is 0.583. The molecule has 0 saturated heterocycles. The highest BCUT2D eigenvalue weighted by Crippen LogP contribution is 2.33. The lowest BCUT2D eigenvalue weighted by Crippen LogP contribution is -2.47. The molecule has 2 aliphatic carbocycles. The zero-order valence-electron chi connectivity index (χ0n) is 15.7. The molecular formula is C21H29N3O2. The first-order valence-electron chi connectivity index (χ1n) is 9.37. The summed E-state index contributed by atoms with van der Waals surface area (Å²) in [5.74, 6) is 0.273. The normalized spacial score (nSPS) is 20.2. The minimum Gasteiger partial charge on any atom is -0.508 e. The van der Waals surface area contributed by atoms with Gasteiger partial charge in [-0.3, -0.25) is 0 Å². The zero-order valence-corrected chi connectivity index (χ0v) is 15.7. The van der Waals surface area contributed by atoms with Crippen LogP contribution in [-0.4, -0.2) is 48.8 Å². The van der Waals surface area contributed by atoms with E-state index in [9.17, 15) is 9.90 Å². The first kappa shape index (κ1) is 18.5. The molecule has 0 heterocycles.